The van der Waals surface area contributed by atoms with Gasteiger partial charge in [0.2, 0.25) is 5.91 Å². The maximum atomic E-state index is 11.1. The Bertz CT molecular complexity index is 381. The van der Waals surface area contributed by atoms with E-state index in [4.69, 9.17) is 11.6 Å². The van der Waals surface area contributed by atoms with Gasteiger partial charge in [0, 0.05) is 16.7 Å². The van der Waals surface area contributed by atoms with Crippen LogP contribution >= 0.6 is 0 Å². The van der Waals surface area contributed by atoms with Gasteiger partial charge in [0.1, 0.15) is 5.82 Å². The highest BCUT2D eigenvalue weighted by Gasteiger charge is 2.18. The molecular weight excluding hydrogens is 192 g/mol. The lowest BCUT2D eigenvalue weighted by atomic mass is 9.90. The molecule has 0 spiro atoms. The molecule has 0 aromatic carbocycles. The molecule has 0 radical (unpaired) electrons. The van der Waals surface area contributed by atoms with Crippen molar-refractivity contribution >= 4 is 11.7 Å². The number of nitrogens with one attached hydrogen (secondary N) is 1. The van der Waals surface area contributed by atoms with E-state index in [1.54, 1.807) is 6.07 Å². The minimum absolute atomic E-state index is 0.156. The summed E-state index contributed by atoms with van der Waals surface area (Å²) in [4.78, 5) is 15.3. The van der Waals surface area contributed by atoms with E-state index in [2.05, 4.69) is 10.4 Å². The maximum absolute atomic E-state index is 11.1. The van der Waals surface area contributed by atoms with E-state index < -0.39 is 5.91 Å². The zero-order valence-corrected chi connectivity index (χ0v) is 9.16. The summed E-state index contributed by atoms with van der Waals surface area (Å²) in [7, 11) is 0. The summed E-state index contributed by atoms with van der Waals surface area (Å²) >= 11 is 0. The van der Waals surface area contributed by atoms with Crippen LogP contribution in [0.4, 0.5) is 5.82 Å². The molecule has 1 aromatic heterocycles. The molecule has 0 unspecified atom stereocenters. The lowest BCUT2D eigenvalue weighted by molar-refractivity contribution is 0.1000. The molecule has 0 bridgehead atoms. The maximum Gasteiger partial charge on any atom is 0.248 e. The first-order valence-electron chi connectivity index (χ1n) is 4.63. The molecule has 5 heteroatoms. The molecule has 5 N–H and O–H groups in total. The summed E-state index contributed by atoms with van der Waals surface area (Å²) in [5, 5.41) is 0. The van der Waals surface area contributed by atoms with Crippen molar-refractivity contribution in [3.63, 3.8) is 0 Å². The number of rotatable bonds is 2. The molecule has 1 heterocycles. The number of hydrogen-bond donors (Lipinski definition) is 3. The molecule has 0 saturated carbocycles. The molecule has 0 atom stereocenters. The Labute approximate surface area is 88.8 Å². The van der Waals surface area contributed by atoms with Gasteiger partial charge in [-0.3, -0.25) is 4.79 Å². The number of hydrazine groups is 1. The van der Waals surface area contributed by atoms with E-state index in [9.17, 15) is 4.79 Å². The van der Waals surface area contributed by atoms with Crippen molar-refractivity contribution in [3.05, 3.63) is 23.4 Å². The predicted octanol–water partition coefficient (Wildman–Crippen LogP) is 0.764. The van der Waals surface area contributed by atoms with Crippen LogP contribution in [-0.2, 0) is 5.41 Å². The van der Waals surface area contributed by atoms with E-state index in [0.29, 0.717) is 11.4 Å². The minimum Gasteiger partial charge on any atom is -0.366 e. The zero-order valence-electron chi connectivity index (χ0n) is 9.16. The molecule has 0 aliphatic heterocycles. The molecular formula is C10H16N4O. The van der Waals surface area contributed by atoms with Gasteiger partial charge >= 0.3 is 0 Å². The summed E-state index contributed by atoms with van der Waals surface area (Å²) in [6.07, 6.45) is 0. The fourth-order valence-corrected chi connectivity index (χ4v) is 1.13. The number of hydrogen-bond acceptors (Lipinski definition) is 4. The second-order valence-corrected chi connectivity index (χ2v) is 4.38. The molecule has 0 aliphatic carbocycles. The van der Waals surface area contributed by atoms with Gasteiger partial charge < -0.3 is 11.2 Å². The van der Waals surface area contributed by atoms with E-state index >= 15 is 0 Å². The number of carbonyl (C=O) groups is 1. The molecule has 0 saturated heterocycles. The van der Waals surface area contributed by atoms with Crippen LogP contribution in [0.25, 0.3) is 0 Å². The molecule has 1 rings (SSSR count). The fraction of sp³-hybridized carbons (Fsp3) is 0.400. The standard InChI is InChI=1S/C10H16N4O/c1-10(2,3)7-4-6(9(11)15)5-8(13-7)14-12/h4-5H,12H2,1-3H3,(H2,11,15)(H,13,14). The lowest BCUT2D eigenvalue weighted by Gasteiger charge is -2.19. The van der Waals surface area contributed by atoms with Gasteiger partial charge in [0.15, 0.2) is 0 Å². The van der Waals surface area contributed by atoms with Crippen LogP contribution in [0, 0.1) is 0 Å². The van der Waals surface area contributed by atoms with Crippen molar-refractivity contribution in [1.82, 2.24) is 4.98 Å². The third-order valence-corrected chi connectivity index (χ3v) is 2.03. The summed E-state index contributed by atoms with van der Waals surface area (Å²) in [5.41, 5.74) is 8.65. The Morgan fingerprint density at radius 3 is 2.40 bits per heavy atom. The summed E-state index contributed by atoms with van der Waals surface area (Å²) < 4.78 is 0. The Balaban J connectivity index is 3.30. The summed E-state index contributed by atoms with van der Waals surface area (Å²) in [6.45, 7) is 6.00. The van der Waals surface area contributed by atoms with Crippen LogP contribution in [0.3, 0.4) is 0 Å². The highest BCUT2D eigenvalue weighted by Crippen LogP contribution is 2.22. The summed E-state index contributed by atoms with van der Waals surface area (Å²) in [5.74, 6) is 5.22. The van der Waals surface area contributed by atoms with Crippen molar-refractivity contribution in [2.24, 2.45) is 11.6 Å². The number of anilines is 1. The first-order chi connectivity index (χ1) is 6.84. The Morgan fingerprint density at radius 1 is 1.40 bits per heavy atom. The first-order valence-corrected chi connectivity index (χ1v) is 4.63. The van der Waals surface area contributed by atoms with Crippen LogP contribution in [0.15, 0.2) is 12.1 Å². The molecule has 1 aromatic rings. The van der Waals surface area contributed by atoms with Crippen molar-refractivity contribution in [2.45, 2.75) is 26.2 Å². The van der Waals surface area contributed by atoms with Crippen LogP contribution in [-0.4, -0.2) is 10.9 Å². The number of nitrogens with zero attached hydrogens (tertiary/aromatic N) is 1. The number of nitrogen functional groups attached to an aromatic ring is 1. The van der Waals surface area contributed by atoms with E-state index in [1.165, 1.54) is 6.07 Å². The second kappa shape index (κ2) is 3.86. The van der Waals surface area contributed by atoms with E-state index in [1.807, 2.05) is 20.8 Å². The van der Waals surface area contributed by atoms with Crippen LogP contribution < -0.4 is 17.0 Å². The first kappa shape index (κ1) is 11.5. The molecule has 0 aliphatic rings. The number of primary amides is 1. The normalized spacial score (nSPS) is 11.2. The smallest absolute Gasteiger partial charge is 0.248 e. The van der Waals surface area contributed by atoms with Crippen molar-refractivity contribution in [2.75, 3.05) is 5.43 Å². The molecule has 1 amide bonds. The minimum atomic E-state index is -0.487. The van der Waals surface area contributed by atoms with Gasteiger partial charge in [0.25, 0.3) is 0 Å². The number of nitrogens with two attached hydrogens (primary N) is 2. The van der Waals surface area contributed by atoms with Gasteiger partial charge in [0.05, 0.1) is 0 Å². The average Bonchev–Trinajstić information content (AvgIpc) is 2.15. The zero-order chi connectivity index (χ0) is 11.6. The van der Waals surface area contributed by atoms with E-state index in [-0.39, 0.29) is 5.41 Å². The molecule has 82 valence electrons. The summed E-state index contributed by atoms with van der Waals surface area (Å²) in [6, 6.07) is 3.21. The Hall–Kier alpha value is -1.62. The number of amides is 1. The third-order valence-electron chi connectivity index (χ3n) is 2.03. The largest absolute Gasteiger partial charge is 0.366 e. The average molecular weight is 208 g/mol. The predicted molar refractivity (Wildman–Crippen MR) is 59.3 cm³/mol. The molecule has 5 nitrogen and oxygen atoms in total. The molecule has 0 fully saturated rings. The van der Waals surface area contributed by atoms with Gasteiger partial charge in [-0.25, -0.2) is 10.8 Å². The van der Waals surface area contributed by atoms with E-state index in [0.717, 1.165) is 5.69 Å². The SMILES string of the molecule is CC(C)(C)c1cc(C(N)=O)cc(NN)n1. The second-order valence-electron chi connectivity index (χ2n) is 4.38. The van der Waals surface area contributed by atoms with Gasteiger partial charge in [-0.2, -0.15) is 0 Å². The monoisotopic (exact) mass is 208 g/mol. The van der Waals surface area contributed by atoms with Crippen LogP contribution in [0.1, 0.15) is 36.8 Å². The van der Waals surface area contributed by atoms with Crippen molar-refractivity contribution in [3.8, 4) is 0 Å². The highest BCUT2D eigenvalue weighted by molar-refractivity contribution is 5.93. The fourth-order valence-electron chi connectivity index (χ4n) is 1.13. The van der Waals surface area contributed by atoms with Crippen molar-refractivity contribution in [1.29, 1.82) is 0 Å². The number of aromatic nitrogens is 1. The Kier molecular flexibility index (Phi) is 2.95. The third kappa shape index (κ3) is 2.66. The van der Waals surface area contributed by atoms with Crippen LogP contribution in [0.2, 0.25) is 0 Å². The number of pyridine rings is 1. The quantitative estimate of drug-likeness (QED) is 0.494. The number of carbonyl (C=O) groups excluding carboxylic acids is 1. The Morgan fingerprint density at radius 2 is 2.00 bits per heavy atom. The van der Waals surface area contributed by atoms with Crippen molar-refractivity contribution < 1.29 is 4.79 Å². The molecule has 15 heavy (non-hydrogen) atoms. The highest BCUT2D eigenvalue weighted by atomic mass is 16.1. The lowest BCUT2D eigenvalue weighted by Crippen LogP contribution is -2.20. The van der Waals surface area contributed by atoms with Gasteiger partial charge in [-0.15, -0.1) is 0 Å². The van der Waals surface area contributed by atoms with Gasteiger partial charge in [-0.05, 0) is 12.1 Å². The van der Waals surface area contributed by atoms with Crippen LogP contribution in [0.5, 0.6) is 0 Å². The van der Waals surface area contributed by atoms with Gasteiger partial charge in [-0.1, -0.05) is 20.8 Å². The topological polar surface area (TPSA) is 94.0 Å².